The van der Waals surface area contributed by atoms with Gasteiger partial charge in [0, 0.05) is 12.8 Å². The van der Waals surface area contributed by atoms with E-state index in [2.05, 4.69) is 5.32 Å². The Kier molecular flexibility index (Phi) is 7.87. The second-order valence-electron chi connectivity index (χ2n) is 4.62. The maximum atomic E-state index is 12.3. The van der Waals surface area contributed by atoms with Gasteiger partial charge in [-0.2, -0.15) is 0 Å². The van der Waals surface area contributed by atoms with E-state index in [9.17, 15) is 14.4 Å². The Bertz CT molecular complexity index is 335. The van der Waals surface area contributed by atoms with Crippen LogP contribution >= 0.6 is 0 Å². The van der Waals surface area contributed by atoms with Crippen LogP contribution in [-0.2, 0) is 23.9 Å². The summed E-state index contributed by atoms with van der Waals surface area (Å²) in [5.41, 5.74) is -1.77. The molecule has 0 heterocycles. The summed E-state index contributed by atoms with van der Waals surface area (Å²) in [6.45, 7) is 8.46. The summed E-state index contributed by atoms with van der Waals surface area (Å²) in [5.74, 6) is -2.44. The van der Waals surface area contributed by atoms with E-state index in [0.717, 1.165) is 6.42 Å². The second-order valence-corrected chi connectivity index (χ2v) is 4.62. The van der Waals surface area contributed by atoms with E-state index in [0.29, 0.717) is 6.42 Å². The maximum Gasteiger partial charge on any atom is 0.343 e. The van der Waals surface area contributed by atoms with Crippen LogP contribution in [0.5, 0.6) is 0 Å². The molecule has 0 aromatic heterocycles. The monoisotopic (exact) mass is 287 g/mol. The van der Waals surface area contributed by atoms with Gasteiger partial charge >= 0.3 is 11.9 Å². The minimum absolute atomic E-state index is 0.123. The van der Waals surface area contributed by atoms with Crippen molar-refractivity contribution in [3.8, 4) is 0 Å². The Morgan fingerprint density at radius 2 is 1.50 bits per heavy atom. The molecule has 6 nitrogen and oxygen atoms in total. The van der Waals surface area contributed by atoms with Crippen molar-refractivity contribution in [2.75, 3.05) is 13.2 Å². The van der Waals surface area contributed by atoms with Crippen molar-refractivity contribution in [2.45, 2.75) is 53.0 Å². The first kappa shape index (κ1) is 18.4. The summed E-state index contributed by atoms with van der Waals surface area (Å²) in [6.07, 6.45) is 1.35. The molecule has 0 rings (SSSR count). The SMILES string of the molecule is CCCC(C)C(NC(C)=O)(C(=O)OCC)C(=O)OCC. The number of carbonyl (C=O) groups excluding carboxylic acids is 3. The molecule has 0 bridgehead atoms. The molecule has 1 atom stereocenters. The Labute approximate surface area is 120 Å². The Morgan fingerprint density at radius 3 is 1.80 bits per heavy atom. The Morgan fingerprint density at radius 1 is 1.05 bits per heavy atom. The molecule has 0 aromatic rings. The zero-order chi connectivity index (χ0) is 15.8. The van der Waals surface area contributed by atoms with Crippen LogP contribution in [0.4, 0.5) is 0 Å². The highest BCUT2D eigenvalue weighted by Crippen LogP contribution is 2.26. The van der Waals surface area contributed by atoms with Crippen LogP contribution in [0.15, 0.2) is 0 Å². The molecule has 20 heavy (non-hydrogen) atoms. The molecule has 0 saturated carbocycles. The van der Waals surface area contributed by atoms with Crippen molar-refractivity contribution in [1.29, 1.82) is 0 Å². The molecule has 0 aliphatic rings. The van der Waals surface area contributed by atoms with Gasteiger partial charge in [0.15, 0.2) is 0 Å². The third-order valence-corrected chi connectivity index (χ3v) is 3.03. The van der Waals surface area contributed by atoms with Crippen molar-refractivity contribution in [1.82, 2.24) is 5.32 Å². The number of nitrogens with one attached hydrogen (secondary N) is 1. The van der Waals surface area contributed by atoms with Crippen LogP contribution in [0, 0.1) is 5.92 Å². The highest BCUT2D eigenvalue weighted by molar-refractivity contribution is 6.08. The first-order chi connectivity index (χ1) is 9.36. The number of rotatable bonds is 8. The van der Waals surface area contributed by atoms with Crippen LogP contribution in [0.3, 0.4) is 0 Å². The van der Waals surface area contributed by atoms with Crippen LogP contribution in [0.1, 0.15) is 47.5 Å². The fourth-order valence-electron chi connectivity index (χ4n) is 2.13. The van der Waals surface area contributed by atoms with Crippen LogP contribution < -0.4 is 5.32 Å². The zero-order valence-corrected chi connectivity index (χ0v) is 12.9. The number of esters is 2. The molecule has 0 radical (unpaired) electrons. The number of amides is 1. The van der Waals surface area contributed by atoms with Gasteiger partial charge in [-0.15, -0.1) is 0 Å². The summed E-state index contributed by atoms with van der Waals surface area (Å²) in [4.78, 5) is 36.0. The molecule has 6 heteroatoms. The predicted octanol–water partition coefficient (Wildman–Crippen LogP) is 1.42. The van der Waals surface area contributed by atoms with Crippen molar-refractivity contribution in [3.63, 3.8) is 0 Å². The van der Waals surface area contributed by atoms with Crippen LogP contribution in [-0.4, -0.2) is 36.6 Å². The van der Waals surface area contributed by atoms with Gasteiger partial charge in [0.25, 0.3) is 0 Å². The summed E-state index contributed by atoms with van der Waals surface area (Å²) in [5, 5.41) is 2.46. The van der Waals surface area contributed by atoms with E-state index in [1.54, 1.807) is 20.8 Å². The van der Waals surface area contributed by atoms with E-state index < -0.39 is 29.3 Å². The van der Waals surface area contributed by atoms with E-state index in [4.69, 9.17) is 9.47 Å². The molecule has 0 saturated heterocycles. The summed E-state index contributed by atoms with van der Waals surface area (Å²) in [7, 11) is 0. The Hall–Kier alpha value is -1.59. The van der Waals surface area contributed by atoms with Crippen LogP contribution in [0.2, 0.25) is 0 Å². The Balaban J connectivity index is 5.67. The fourth-order valence-corrected chi connectivity index (χ4v) is 2.13. The highest BCUT2D eigenvalue weighted by atomic mass is 16.6. The third kappa shape index (κ3) is 4.21. The van der Waals surface area contributed by atoms with E-state index in [1.165, 1.54) is 6.92 Å². The number of hydrogen-bond donors (Lipinski definition) is 1. The van der Waals surface area contributed by atoms with E-state index >= 15 is 0 Å². The molecule has 0 aromatic carbocycles. The molecule has 0 aliphatic heterocycles. The first-order valence-corrected chi connectivity index (χ1v) is 6.99. The smallest absolute Gasteiger partial charge is 0.343 e. The van der Waals surface area contributed by atoms with Gasteiger partial charge in [-0.25, -0.2) is 9.59 Å². The van der Waals surface area contributed by atoms with Gasteiger partial charge in [-0.05, 0) is 20.3 Å². The first-order valence-electron chi connectivity index (χ1n) is 6.99. The van der Waals surface area contributed by atoms with Crippen molar-refractivity contribution in [2.24, 2.45) is 5.92 Å². The van der Waals surface area contributed by atoms with Gasteiger partial charge in [-0.1, -0.05) is 20.3 Å². The number of hydrogen-bond acceptors (Lipinski definition) is 5. The molecular formula is C14H25NO5. The lowest BCUT2D eigenvalue weighted by Gasteiger charge is -2.34. The minimum Gasteiger partial charge on any atom is -0.464 e. The lowest BCUT2D eigenvalue weighted by molar-refractivity contribution is -0.171. The molecule has 116 valence electrons. The standard InChI is InChI=1S/C14H25NO5/c1-6-9-10(4)14(15-11(5)16,12(17)19-7-2)13(18)20-8-3/h10H,6-9H2,1-5H3,(H,15,16). The average molecular weight is 287 g/mol. The third-order valence-electron chi connectivity index (χ3n) is 3.03. The largest absolute Gasteiger partial charge is 0.464 e. The van der Waals surface area contributed by atoms with Crippen LogP contribution in [0.25, 0.3) is 0 Å². The summed E-state index contributed by atoms with van der Waals surface area (Å²) >= 11 is 0. The van der Waals surface area contributed by atoms with Gasteiger partial charge in [0.2, 0.25) is 11.4 Å². The number of carbonyl (C=O) groups is 3. The number of ether oxygens (including phenoxy) is 2. The van der Waals surface area contributed by atoms with Crippen molar-refractivity contribution in [3.05, 3.63) is 0 Å². The fraction of sp³-hybridized carbons (Fsp3) is 0.786. The lowest BCUT2D eigenvalue weighted by Crippen LogP contribution is -2.64. The van der Waals surface area contributed by atoms with E-state index in [-0.39, 0.29) is 13.2 Å². The average Bonchev–Trinajstić information content (AvgIpc) is 2.36. The lowest BCUT2D eigenvalue weighted by atomic mass is 9.81. The van der Waals surface area contributed by atoms with Crippen molar-refractivity contribution >= 4 is 17.8 Å². The highest BCUT2D eigenvalue weighted by Gasteiger charge is 2.53. The molecular weight excluding hydrogens is 262 g/mol. The predicted molar refractivity (Wildman–Crippen MR) is 73.9 cm³/mol. The van der Waals surface area contributed by atoms with Gasteiger partial charge in [0.05, 0.1) is 13.2 Å². The molecule has 1 unspecified atom stereocenters. The summed E-state index contributed by atoms with van der Waals surface area (Å²) < 4.78 is 9.98. The summed E-state index contributed by atoms with van der Waals surface area (Å²) in [6, 6.07) is 0. The molecule has 1 amide bonds. The van der Waals surface area contributed by atoms with Gasteiger partial charge in [-0.3, -0.25) is 4.79 Å². The van der Waals surface area contributed by atoms with Gasteiger partial charge in [0.1, 0.15) is 0 Å². The molecule has 0 spiro atoms. The normalized spacial score (nSPS) is 12.4. The second kappa shape index (κ2) is 8.55. The van der Waals surface area contributed by atoms with Gasteiger partial charge < -0.3 is 14.8 Å². The minimum atomic E-state index is -1.77. The molecule has 0 aliphatic carbocycles. The molecule has 1 N–H and O–H groups in total. The zero-order valence-electron chi connectivity index (χ0n) is 12.9. The van der Waals surface area contributed by atoms with Crippen molar-refractivity contribution < 1.29 is 23.9 Å². The topological polar surface area (TPSA) is 81.7 Å². The quantitative estimate of drug-likeness (QED) is 0.539. The van der Waals surface area contributed by atoms with E-state index in [1.807, 2.05) is 6.92 Å². The maximum absolute atomic E-state index is 12.3. The molecule has 0 fully saturated rings.